The van der Waals surface area contributed by atoms with Crippen molar-refractivity contribution in [2.75, 3.05) is 11.5 Å². The smallest absolute Gasteiger partial charge is 0.298 e. The summed E-state index contributed by atoms with van der Waals surface area (Å²) >= 11 is 0. The number of nitrogens with two attached hydrogens (primary N) is 2. The minimum atomic E-state index is -4.84. The number of benzene rings is 6. The van der Waals surface area contributed by atoms with Gasteiger partial charge in [-0.05, 0) is 60.4 Å². The molecule has 0 spiro atoms. The van der Waals surface area contributed by atoms with Crippen LogP contribution in [0.4, 0.5) is 34.1 Å². The summed E-state index contributed by atoms with van der Waals surface area (Å²) in [7, 11) is -9.67. The minimum Gasteiger partial charge on any atom is -0.504 e. The maximum atomic E-state index is 12.1. The topological polar surface area (TPSA) is 251 Å². The molecule has 0 aromatic heterocycles. The molecule has 0 radical (unpaired) electrons. The van der Waals surface area contributed by atoms with E-state index in [1.54, 1.807) is 60.7 Å². The van der Waals surface area contributed by atoms with E-state index in [1.165, 1.54) is 24.3 Å². The van der Waals surface area contributed by atoms with Crippen molar-refractivity contribution in [3.8, 4) is 22.6 Å². The summed E-state index contributed by atoms with van der Waals surface area (Å²) < 4.78 is 68.1. The molecule has 0 aliphatic heterocycles. The Labute approximate surface area is 285 Å². The average Bonchev–Trinajstić information content (AvgIpc) is 3.04. The molecule has 8 N–H and O–H groups in total. The van der Waals surface area contributed by atoms with Crippen molar-refractivity contribution in [1.82, 2.24) is 0 Å². The molecule has 0 aliphatic carbocycles. The van der Waals surface area contributed by atoms with Crippen LogP contribution in [0.15, 0.2) is 115 Å². The fourth-order valence-electron chi connectivity index (χ4n) is 5.78. The molecule has 0 saturated heterocycles. The quantitative estimate of drug-likeness (QED) is 0.0526. The molecule has 6 aromatic rings. The van der Waals surface area contributed by atoms with Crippen molar-refractivity contribution in [3.63, 3.8) is 0 Å². The van der Waals surface area contributed by atoms with E-state index in [0.29, 0.717) is 11.4 Å². The number of fused-ring (bicyclic) bond motifs is 2. The molecular formula is C34H28N6O8S2. The summed E-state index contributed by atoms with van der Waals surface area (Å²) in [5, 5.41) is 38.5. The average molecular weight is 713 g/mol. The summed E-state index contributed by atoms with van der Waals surface area (Å²) in [5.74, 6) is -1.66. The molecule has 0 aliphatic rings. The summed E-state index contributed by atoms with van der Waals surface area (Å²) in [6, 6.07) is 22.6. The Hall–Kier alpha value is -5.94. The summed E-state index contributed by atoms with van der Waals surface area (Å²) in [5.41, 5.74) is 15.7. The summed E-state index contributed by atoms with van der Waals surface area (Å²) in [6.45, 7) is 3.69. The zero-order valence-corrected chi connectivity index (χ0v) is 27.9. The molecule has 16 heteroatoms. The number of rotatable bonds is 7. The van der Waals surface area contributed by atoms with Crippen LogP contribution in [0, 0.1) is 13.8 Å². The van der Waals surface area contributed by atoms with E-state index in [2.05, 4.69) is 20.5 Å². The first kappa shape index (κ1) is 33.9. The Morgan fingerprint density at radius 1 is 0.520 bits per heavy atom. The van der Waals surface area contributed by atoms with E-state index >= 15 is 0 Å². The van der Waals surface area contributed by atoms with Crippen LogP contribution in [0.5, 0.6) is 11.5 Å². The van der Waals surface area contributed by atoms with Gasteiger partial charge in [0.25, 0.3) is 20.2 Å². The second-order valence-corrected chi connectivity index (χ2v) is 14.0. The molecule has 254 valence electrons. The van der Waals surface area contributed by atoms with Crippen LogP contribution in [0.1, 0.15) is 11.1 Å². The lowest BCUT2D eigenvalue weighted by molar-refractivity contribution is 0.444. The number of phenols is 2. The number of aromatic hydroxyl groups is 2. The Kier molecular flexibility index (Phi) is 8.49. The molecular weight excluding hydrogens is 685 g/mol. The van der Waals surface area contributed by atoms with Gasteiger partial charge in [-0.1, -0.05) is 60.7 Å². The molecule has 6 aromatic carbocycles. The van der Waals surface area contributed by atoms with E-state index in [4.69, 9.17) is 11.5 Å². The van der Waals surface area contributed by atoms with Crippen LogP contribution in [-0.4, -0.2) is 36.2 Å². The Morgan fingerprint density at radius 2 is 0.860 bits per heavy atom. The maximum Gasteiger partial charge on any atom is 0.298 e. The highest BCUT2D eigenvalue weighted by Gasteiger charge is 2.27. The van der Waals surface area contributed by atoms with Crippen LogP contribution in [-0.2, 0) is 20.2 Å². The van der Waals surface area contributed by atoms with Gasteiger partial charge < -0.3 is 21.7 Å². The highest BCUT2D eigenvalue weighted by atomic mass is 32.2. The van der Waals surface area contributed by atoms with Gasteiger partial charge in [-0.15, -0.1) is 10.2 Å². The summed E-state index contributed by atoms with van der Waals surface area (Å²) in [6.07, 6.45) is 0. The third kappa shape index (κ3) is 6.07. The zero-order valence-electron chi connectivity index (χ0n) is 26.3. The molecule has 0 saturated carbocycles. The van der Waals surface area contributed by atoms with Gasteiger partial charge in [-0.25, -0.2) is 0 Å². The van der Waals surface area contributed by atoms with E-state index in [-0.39, 0.29) is 44.3 Å². The highest BCUT2D eigenvalue weighted by molar-refractivity contribution is 7.86. The van der Waals surface area contributed by atoms with Crippen molar-refractivity contribution in [2.45, 2.75) is 23.6 Å². The second kappa shape index (κ2) is 12.5. The molecule has 6 rings (SSSR count). The molecule has 50 heavy (non-hydrogen) atoms. The standard InChI is InChI=1S/C34H28N6O8S2/c1-17-15-19(37-39-29-27(35)23-7-3-5-9-25(23)33(31(29)41)49(43,44)45)11-13-21(17)22-14-12-20(16-18(22)2)38-40-30-28(36)24-8-4-6-10-26(24)34(32(30)42)50(46,47)48/h3-16,41-42H,35-36H2,1-2H3,(H,43,44,45)(H,46,47,48)/b39-37+,40-38+. The predicted molar refractivity (Wildman–Crippen MR) is 189 cm³/mol. The maximum absolute atomic E-state index is 12.1. The number of azo groups is 2. The Bertz CT molecular complexity index is 2490. The number of hydrogen-bond acceptors (Lipinski definition) is 12. The van der Waals surface area contributed by atoms with Crippen molar-refractivity contribution in [1.29, 1.82) is 0 Å². The van der Waals surface area contributed by atoms with Crippen molar-refractivity contribution in [2.24, 2.45) is 20.5 Å². The Balaban J connectivity index is 1.31. The molecule has 14 nitrogen and oxygen atoms in total. The molecule has 0 atom stereocenters. The number of anilines is 2. The molecule has 0 bridgehead atoms. The third-order valence-electron chi connectivity index (χ3n) is 8.07. The zero-order chi connectivity index (χ0) is 36.1. The van der Waals surface area contributed by atoms with Crippen LogP contribution < -0.4 is 11.5 Å². The van der Waals surface area contributed by atoms with Gasteiger partial charge in [0, 0.05) is 21.5 Å². The highest BCUT2D eigenvalue weighted by Crippen LogP contribution is 2.47. The number of nitrogens with zero attached hydrogens (tertiary/aromatic N) is 4. The van der Waals surface area contributed by atoms with Crippen LogP contribution in [0.3, 0.4) is 0 Å². The van der Waals surface area contributed by atoms with Gasteiger partial charge >= 0.3 is 0 Å². The lowest BCUT2D eigenvalue weighted by atomic mass is 9.96. The molecule has 0 unspecified atom stereocenters. The van der Waals surface area contributed by atoms with E-state index < -0.39 is 41.5 Å². The first-order valence-electron chi connectivity index (χ1n) is 14.6. The van der Waals surface area contributed by atoms with E-state index in [9.17, 15) is 36.2 Å². The fourth-order valence-corrected chi connectivity index (χ4v) is 7.37. The third-order valence-corrected chi connectivity index (χ3v) is 9.93. The van der Waals surface area contributed by atoms with Gasteiger partial charge in [0.15, 0.2) is 22.9 Å². The Morgan fingerprint density at radius 3 is 1.18 bits per heavy atom. The fraction of sp³-hybridized carbons (Fsp3) is 0.0588. The van der Waals surface area contributed by atoms with Gasteiger partial charge in [0.05, 0.1) is 22.7 Å². The van der Waals surface area contributed by atoms with Crippen LogP contribution >= 0.6 is 0 Å². The van der Waals surface area contributed by atoms with Crippen molar-refractivity contribution < 1.29 is 36.2 Å². The number of nitrogen functional groups attached to an aromatic ring is 2. The van der Waals surface area contributed by atoms with Gasteiger partial charge in [-0.3, -0.25) is 9.11 Å². The first-order chi connectivity index (χ1) is 23.6. The van der Waals surface area contributed by atoms with Gasteiger partial charge in [0.1, 0.15) is 9.79 Å². The number of hydrogen-bond donors (Lipinski definition) is 6. The first-order valence-corrected chi connectivity index (χ1v) is 17.5. The molecule has 0 fully saturated rings. The van der Waals surface area contributed by atoms with E-state index in [1.807, 2.05) is 13.8 Å². The second-order valence-electron chi connectivity index (χ2n) is 11.3. The lowest BCUT2D eigenvalue weighted by Crippen LogP contribution is -2.02. The SMILES string of the molecule is Cc1cc(/N=N/c2c(O)c(S(=O)(=O)O)c3ccccc3c2N)ccc1-c1ccc(/N=N/c2c(O)c(S(=O)(=O)O)c3ccccc3c2N)cc1C. The number of aryl methyl sites for hydroxylation is 2. The predicted octanol–water partition coefficient (Wildman–Crippen LogP) is 8.18. The largest absolute Gasteiger partial charge is 0.504 e. The van der Waals surface area contributed by atoms with Crippen LogP contribution in [0.25, 0.3) is 32.7 Å². The van der Waals surface area contributed by atoms with E-state index in [0.717, 1.165) is 22.3 Å². The number of phenolic OH excluding ortho intramolecular Hbond substituents is 2. The monoisotopic (exact) mass is 712 g/mol. The van der Waals surface area contributed by atoms with Crippen LogP contribution in [0.2, 0.25) is 0 Å². The van der Waals surface area contributed by atoms with Gasteiger partial charge in [0.2, 0.25) is 0 Å². The van der Waals surface area contributed by atoms with Crippen molar-refractivity contribution >= 4 is 75.9 Å². The normalized spacial score (nSPS) is 12.5. The lowest BCUT2D eigenvalue weighted by Gasteiger charge is -2.13. The minimum absolute atomic E-state index is 0.0205. The summed E-state index contributed by atoms with van der Waals surface area (Å²) in [4.78, 5) is -1.44. The van der Waals surface area contributed by atoms with Crippen molar-refractivity contribution in [3.05, 3.63) is 96.1 Å². The van der Waals surface area contributed by atoms with Gasteiger partial charge in [-0.2, -0.15) is 27.1 Å². The molecule has 0 heterocycles. The molecule has 0 amide bonds.